The first-order valence-electron chi connectivity index (χ1n) is 8.77. The summed E-state index contributed by atoms with van der Waals surface area (Å²) in [5.41, 5.74) is 0.850. The van der Waals surface area contributed by atoms with Crippen LogP contribution in [0.3, 0.4) is 0 Å². The second kappa shape index (κ2) is 5.82. The Morgan fingerprint density at radius 2 is 1.96 bits per heavy atom. The van der Waals surface area contributed by atoms with E-state index in [9.17, 15) is 4.79 Å². The van der Waals surface area contributed by atoms with Gasteiger partial charge in [0, 0.05) is 19.7 Å². The van der Waals surface area contributed by atoms with Gasteiger partial charge in [-0.05, 0) is 55.7 Å². The molecule has 1 aliphatic heterocycles. The molecule has 0 radical (unpaired) electrons. The molecule has 2 aliphatic carbocycles. The number of hydrogen-bond donors (Lipinski definition) is 0. The van der Waals surface area contributed by atoms with Crippen molar-refractivity contribution in [2.75, 3.05) is 26.8 Å². The molecule has 0 N–H and O–H groups in total. The van der Waals surface area contributed by atoms with Crippen molar-refractivity contribution < 1.29 is 14.3 Å². The molecule has 4 heteroatoms. The third kappa shape index (κ3) is 2.97. The minimum Gasteiger partial charge on any atom is -0.497 e. The monoisotopic (exact) mass is 315 g/mol. The van der Waals surface area contributed by atoms with E-state index < -0.39 is 0 Å². The van der Waals surface area contributed by atoms with Crippen molar-refractivity contribution in [1.29, 1.82) is 0 Å². The van der Waals surface area contributed by atoms with E-state index in [-0.39, 0.29) is 11.5 Å². The lowest BCUT2D eigenvalue weighted by molar-refractivity contribution is -0.133. The maximum atomic E-state index is 13.0. The van der Waals surface area contributed by atoms with Crippen molar-refractivity contribution in [2.45, 2.75) is 43.6 Å². The van der Waals surface area contributed by atoms with Crippen LogP contribution in [0.25, 0.3) is 0 Å². The van der Waals surface area contributed by atoms with Crippen LogP contribution in [0.4, 0.5) is 0 Å². The van der Waals surface area contributed by atoms with Crippen molar-refractivity contribution >= 4 is 5.91 Å². The predicted octanol–water partition coefficient (Wildman–Crippen LogP) is 2.75. The topological polar surface area (TPSA) is 38.8 Å². The zero-order valence-electron chi connectivity index (χ0n) is 13.8. The van der Waals surface area contributed by atoms with Gasteiger partial charge in [-0.1, -0.05) is 12.1 Å². The molecule has 3 fully saturated rings. The van der Waals surface area contributed by atoms with E-state index in [1.165, 1.54) is 12.8 Å². The molecule has 1 unspecified atom stereocenters. The van der Waals surface area contributed by atoms with Crippen LogP contribution in [0, 0.1) is 5.92 Å². The number of benzene rings is 1. The fraction of sp³-hybridized carbons (Fsp3) is 0.632. The molecule has 0 bridgehead atoms. The van der Waals surface area contributed by atoms with Crippen molar-refractivity contribution in [3.05, 3.63) is 29.8 Å². The average Bonchev–Trinajstić information content (AvgIpc) is 3.51. The van der Waals surface area contributed by atoms with Crippen LogP contribution in [0.15, 0.2) is 24.3 Å². The maximum absolute atomic E-state index is 13.0. The lowest BCUT2D eigenvalue weighted by atomic mass is 9.94. The fourth-order valence-electron chi connectivity index (χ4n) is 3.57. The summed E-state index contributed by atoms with van der Waals surface area (Å²) in [5, 5.41) is 0. The molecule has 1 aromatic carbocycles. The van der Waals surface area contributed by atoms with Crippen LogP contribution in [0.2, 0.25) is 0 Å². The van der Waals surface area contributed by atoms with Crippen LogP contribution in [0.1, 0.15) is 37.7 Å². The van der Waals surface area contributed by atoms with Crippen molar-refractivity contribution in [3.8, 4) is 5.75 Å². The Morgan fingerprint density at radius 1 is 1.22 bits per heavy atom. The number of rotatable bonds is 6. The molecule has 1 atom stereocenters. The number of ether oxygens (including phenoxy) is 2. The Bertz CT molecular complexity index is 575. The Kier molecular flexibility index (Phi) is 3.80. The van der Waals surface area contributed by atoms with E-state index in [0.717, 1.165) is 56.2 Å². The van der Waals surface area contributed by atoms with E-state index in [4.69, 9.17) is 9.47 Å². The molecular formula is C19H25NO3. The van der Waals surface area contributed by atoms with E-state index in [0.29, 0.717) is 5.91 Å². The summed E-state index contributed by atoms with van der Waals surface area (Å²) < 4.78 is 11.2. The number of methoxy groups -OCH3 is 1. The number of amides is 1. The van der Waals surface area contributed by atoms with Crippen molar-refractivity contribution in [2.24, 2.45) is 5.92 Å². The van der Waals surface area contributed by atoms with Crippen molar-refractivity contribution in [3.63, 3.8) is 0 Å². The SMILES string of the molecule is COc1ccc(C2(C(=O)N3CCC(OCC4CC4)C3)CC2)cc1. The van der Waals surface area contributed by atoms with Gasteiger partial charge in [0.05, 0.1) is 18.6 Å². The highest BCUT2D eigenvalue weighted by Gasteiger charge is 2.53. The Morgan fingerprint density at radius 3 is 2.57 bits per heavy atom. The summed E-state index contributed by atoms with van der Waals surface area (Å²) >= 11 is 0. The predicted molar refractivity (Wildman–Crippen MR) is 87.6 cm³/mol. The standard InChI is InChI=1S/C19H25NO3/c1-22-16-6-4-15(5-7-16)19(9-10-19)18(21)20-11-8-17(12-20)23-13-14-2-3-14/h4-7,14,17H,2-3,8-13H2,1H3. The number of nitrogens with zero attached hydrogens (tertiary/aromatic N) is 1. The molecule has 124 valence electrons. The Hall–Kier alpha value is -1.55. The highest BCUT2D eigenvalue weighted by molar-refractivity contribution is 5.91. The molecule has 23 heavy (non-hydrogen) atoms. The molecule has 2 saturated carbocycles. The summed E-state index contributed by atoms with van der Waals surface area (Å²) in [7, 11) is 1.67. The van der Waals surface area contributed by atoms with Gasteiger partial charge >= 0.3 is 0 Å². The first-order chi connectivity index (χ1) is 11.2. The average molecular weight is 315 g/mol. The Labute approximate surface area is 137 Å². The minimum absolute atomic E-state index is 0.242. The van der Waals surface area contributed by atoms with Crippen LogP contribution >= 0.6 is 0 Å². The van der Waals surface area contributed by atoms with Crippen LogP contribution in [-0.4, -0.2) is 43.7 Å². The molecule has 0 aromatic heterocycles. The third-order valence-corrected chi connectivity index (χ3v) is 5.50. The quantitative estimate of drug-likeness (QED) is 0.810. The van der Waals surface area contributed by atoms with E-state index in [1.54, 1.807) is 7.11 Å². The zero-order chi connectivity index (χ0) is 15.9. The molecule has 0 spiro atoms. The summed E-state index contributed by atoms with van der Waals surface area (Å²) in [5.74, 6) is 1.92. The minimum atomic E-state index is -0.280. The lowest BCUT2D eigenvalue weighted by Crippen LogP contribution is -2.38. The highest BCUT2D eigenvalue weighted by atomic mass is 16.5. The van der Waals surface area contributed by atoms with Crippen molar-refractivity contribution in [1.82, 2.24) is 4.90 Å². The molecule has 4 rings (SSSR count). The molecular weight excluding hydrogens is 290 g/mol. The smallest absolute Gasteiger partial charge is 0.233 e. The molecule has 1 amide bonds. The molecule has 3 aliphatic rings. The Balaban J connectivity index is 1.39. The normalized spacial score (nSPS) is 25.4. The number of carbonyl (C=O) groups excluding carboxylic acids is 1. The second-order valence-electron chi connectivity index (χ2n) is 7.25. The largest absolute Gasteiger partial charge is 0.497 e. The third-order valence-electron chi connectivity index (χ3n) is 5.50. The van der Waals surface area contributed by atoms with Crippen LogP contribution in [0.5, 0.6) is 5.75 Å². The van der Waals surface area contributed by atoms with Gasteiger partial charge in [0.15, 0.2) is 0 Å². The van der Waals surface area contributed by atoms with Gasteiger partial charge in [0.1, 0.15) is 5.75 Å². The van der Waals surface area contributed by atoms with Crippen LogP contribution in [-0.2, 0) is 14.9 Å². The van der Waals surface area contributed by atoms with Gasteiger partial charge < -0.3 is 14.4 Å². The van der Waals surface area contributed by atoms with Crippen LogP contribution < -0.4 is 4.74 Å². The second-order valence-corrected chi connectivity index (χ2v) is 7.25. The fourth-order valence-corrected chi connectivity index (χ4v) is 3.57. The first-order valence-corrected chi connectivity index (χ1v) is 8.77. The van der Waals surface area contributed by atoms with Gasteiger partial charge in [0.25, 0.3) is 0 Å². The number of likely N-dealkylation sites (tertiary alicyclic amines) is 1. The highest BCUT2D eigenvalue weighted by Crippen LogP contribution is 2.50. The summed E-state index contributed by atoms with van der Waals surface area (Å²) in [6, 6.07) is 7.99. The summed E-state index contributed by atoms with van der Waals surface area (Å²) in [6.45, 7) is 2.49. The molecule has 1 heterocycles. The van der Waals surface area contributed by atoms with E-state index >= 15 is 0 Å². The maximum Gasteiger partial charge on any atom is 0.233 e. The first kappa shape index (κ1) is 15.0. The van der Waals surface area contributed by atoms with Gasteiger partial charge in [0.2, 0.25) is 5.91 Å². The molecule has 1 aromatic rings. The number of carbonyl (C=O) groups is 1. The van der Waals surface area contributed by atoms with Gasteiger partial charge in [-0.2, -0.15) is 0 Å². The zero-order valence-corrected chi connectivity index (χ0v) is 13.8. The van der Waals surface area contributed by atoms with E-state index in [1.807, 2.05) is 29.2 Å². The summed E-state index contributed by atoms with van der Waals surface area (Å²) in [6.07, 6.45) is 5.78. The number of hydrogen-bond acceptors (Lipinski definition) is 3. The molecule has 1 saturated heterocycles. The van der Waals surface area contributed by atoms with Gasteiger partial charge in [-0.3, -0.25) is 4.79 Å². The van der Waals surface area contributed by atoms with E-state index in [2.05, 4.69) is 0 Å². The summed E-state index contributed by atoms with van der Waals surface area (Å²) in [4.78, 5) is 15.0. The lowest BCUT2D eigenvalue weighted by Gasteiger charge is -2.23. The van der Waals surface area contributed by atoms with Gasteiger partial charge in [-0.25, -0.2) is 0 Å². The van der Waals surface area contributed by atoms with Gasteiger partial charge in [-0.15, -0.1) is 0 Å². The molecule has 4 nitrogen and oxygen atoms in total.